The van der Waals surface area contributed by atoms with Gasteiger partial charge in [0, 0.05) is 0 Å². The minimum atomic E-state index is -0.576. The molecule has 0 saturated heterocycles. The van der Waals surface area contributed by atoms with E-state index in [-0.39, 0.29) is 0 Å². The maximum atomic E-state index is 10.0. The zero-order valence-corrected chi connectivity index (χ0v) is 10.1. The van der Waals surface area contributed by atoms with Crippen LogP contribution in [0.15, 0.2) is 9.98 Å². The monoisotopic (exact) mass is 224 g/mol. The normalized spacial score (nSPS) is 13.4. The highest BCUT2D eigenvalue weighted by Gasteiger charge is 2.06. The van der Waals surface area contributed by atoms with Gasteiger partial charge in [-0.05, 0) is 18.8 Å². The van der Waals surface area contributed by atoms with Crippen molar-refractivity contribution in [2.75, 3.05) is 0 Å². The molecule has 0 aromatic heterocycles. The molecule has 1 unspecified atom stereocenters. The van der Waals surface area contributed by atoms with Gasteiger partial charge in [-0.25, -0.2) is 9.59 Å². The van der Waals surface area contributed by atoms with Crippen LogP contribution >= 0.6 is 0 Å². The molecule has 0 aliphatic rings. The molecule has 4 heteroatoms. The Hall–Kier alpha value is -1.24. The van der Waals surface area contributed by atoms with Crippen LogP contribution in [0.3, 0.4) is 0 Å². The maximum absolute atomic E-state index is 10.0. The van der Waals surface area contributed by atoms with Crippen LogP contribution in [0.5, 0.6) is 0 Å². The summed E-state index contributed by atoms with van der Waals surface area (Å²) in [7, 11) is 0. The number of hydrogen-bond acceptors (Lipinski definition) is 4. The molecule has 0 spiro atoms. The summed E-state index contributed by atoms with van der Waals surface area (Å²) in [5.74, 6) is 0.682. The molecule has 0 heterocycles. The lowest BCUT2D eigenvalue weighted by atomic mass is 9.98. The van der Waals surface area contributed by atoms with Gasteiger partial charge in [0.2, 0.25) is 12.2 Å². The van der Waals surface area contributed by atoms with Gasteiger partial charge in [-0.3, -0.25) is 0 Å². The summed E-state index contributed by atoms with van der Waals surface area (Å²) < 4.78 is 0. The number of unbranched alkanes of at least 4 members (excludes halogenated alkanes) is 1. The molecular formula is C12H20N2O2. The molecule has 0 amide bonds. The SMILES string of the molecule is CCCCC(C)CCCC(N=C=O)N=C=O. The average molecular weight is 224 g/mol. The Labute approximate surface area is 96.9 Å². The second-order valence-corrected chi connectivity index (χ2v) is 4.10. The highest BCUT2D eigenvalue weighted by Crippen LogP contribution is 2.16. The molecule has 4 nitrogen and oxygen atoms in total. The Morgan fingerprint density at radius 3 is 2.06 bits per heavy atom. The van der Waals surface area contributed by atoms with E-state index in [9.17, 15) is 9.59 Å². The van der Waals surface area contributed by atoms with E-state index < -0.39 is 6.17 Å². The van der Waals surface area contributed by atoms with Gasteiger partial charge in [0.1, 0.15) is 0 Å². The smallest absolute Gasteiger partial charge is 0.211 e. The van der Waals surface area contributed by atoms with Gasteiger partial charge >= 0.3 is 0 Å². The van der Waals surface area contributed by atoms with Crippen LogP contribution in [0.25, 0.3) is 0 Å². The summed E-state index contributed by atoms with van der Waals surface area (Å²) in [6.45, 7) is 4.40. The fourth-order valence-electron chi connectivity index (χ4n) is 1.63. The van der Waals surface area contributed by atoms with Crippen LogP contribution in [0.1, 0.15) is 52.4 Å². The molecule has 0 fully saturated rings. The fraction of sp³-hybridized carbons (Fsp3) is 0.833. The largest absolute Gasteiger partial charge is 0.237 e. The maximum Gasteiger partial charge on any atom is 0.237 e. The Morgan fingerprint density at radius 1 is 1.00 bits per heavy atom. The van der Waals surface area contributed by atoms with Crippen LogP contribution in [-0.4, -0.2) is 18.3 Å². The van der Waals surface area contributed by atoms with Crippen LogP contribution < -0.4 is 0 Å². The molecule has 0 radical (unpaired) electrons. The van der Waals surface area contributed by atoms with Gasteiger partial charge in [0.05, 0.1) is 0 Å². The highest BCUT2D eigenvalue weighted by molar-refractivity contribution is 5.36. The van der Waals surface area contributed by atoms with Crippen molar-refractivity contribution in [3.8, 4) is 0 Å². The van der Waals surface area contributed by atoms with Crippen molar-refractivity contribution in [1.82, 2.24) is 0 Å². The highest BCUT2D eigenvalue weighted by atomic mass is 16.1. The topological polar surface area (TPSA) is 58.9 Å². The molecule has 0 bridgehead atoms. The van der Waals surface area contributed by atoms with Crippen molar-refractivity contribution >= 4 is 12.2 Å². The first-order valence-corrected chi connectivity index (χ1v) is 5.88. The zero-order valence-electron chi connectivity index (χ0n) is 10.1. The van der Waals surface area contributed by atoms with Gasteiger partial charge in [0.25, 0.3) is 0 Å². The summed E-state index contributed by atoms with van der Waals surface area (Å²) in [6, 6.07) is 0. The van der Waals surface area contributed by atoms with E-state index in [1.165, 1.54) is 31.4 Å². The van der Waals surface area contributed by atoms with Crippen molar-refractivity contribution in [3.63, 3.8) is 0 Å². The number of isocyanates is 2. The van der Waals surface area contributed by atoms with Crippen molar-refractivity contribution in [2.24, 2.45) is 15.9 Å². The first-order chi connectivity index (χ1) is 7.74. The first-order valence-electron chi connectivity index (χ1n) is 5.88. The predicted octanol–water partition coefficient (Wildman–Crippen LogP) is 2.98. The lowest BCUT2D eigenvalue weighted by molar-refractivity contribution is 0.436. The summed E-state index contributed by atoms with van der Waals surface area (Å²) >= 11 is 0. The molecule has 90 valence electrons. The Morgan fingerprint density at radius 2 is 1.56 bits per heavy atom. The summed E-state index contributed by atoms with van der Waals surface area (Å²) in [4.78, 5) is 27.0. The lowest BCUT2D eigenvalue weighted by Gasteiger charge is -2.10. The van der Waals surface area contributed by atoms with E-state index in [4.69, 9.17) is 0 Å². The van der Waals surface area contributed by atoms with E-state index in [0.717, 1.165) is 12.8 Å². The van der Waals surface area contributed by atoms with E-state index in [1.807, 2.05) is 0 Å². The standard InChI is InChI=1S/C12H20N2O2/c1-3-4-6-11(2)7-5-8-12(13-9-15)14-10-16/h11-12H,3-8H2,1-2H3. The van der Waals surface area contributed by atoms with Crippen molar-refractivity contribution in [1.29, 1.82) is 0 Å². The predicted molar refractivity (Wildman–Crippen MR) is 62.6 cm³/mol. The van der Waals surface area contributed by atoms with Crippen LogP contribution in [0.4, 0.5) is 0 Å². The zero-order chi connectivity index (χ0) is 12.2. The number of carbonyl (C=O) groups excluding carboxylic acids is 2. The van der Waals surface area contributed by atoms with E-state index in [2.05, 4.69) is 23.8 Å². The number of rotatable bonds is 9. The van der Waals surface area contributed by atoms with E-state index >= 15 is 0 Å². The first kappa shape index (κ1) is 14.8. The summed E-state index contributed by atoms with van der Waals surface area (Å²) in [6.07, 6.45) is 8.62. The second-order valence-electron chi connectivity index (χ2n) is 4.10. The number of hydrogen-bond donors (Lipinski definition) is 0. The third-order valence-corrected chi connectivity index (χ3v) is 2.61. The molecule has 0 saturated carbocycles. The van der Waals surface area contributed by atoms with Gasteiger partial charge in [-0.1, -0.05) is 39.5 Å². The molecule has 0 N–H and O–H groups in total. The Bertz CT molecular complexity index is 248. The minimum Gasteiger partial charge on any atom is -0.211 e. The van der Waals surface area contributed by atoms with Crippen molar-refractivity contribution in [3.05, 3.63) is 0 Å². The van der Waals surface area contributed by atoms with Gasteiger partial charge in [-0.15, -0.1) is 0 Å². The molecule has 0 aliphatic carbocycles. The number of nitrogens with zero attached hydrogens (tertiary/aromatic N) is 2. The van der Waals surface area contributed by atoms with Crippen LogP contribution in [0, 0.1) is 5.92 Å². The average Bonchev–Trinajstić information content (AvgIpc) is 2.27. The van der Waals surface area contributed by atoms with Gasteiger partial charge in [0.15, 0.2) is 6.17 Å². The third-order valence-electron chi connectivity index (χ3n) is 2.61. The van der Waals surface area contributed by atoms with E-state index in [1.54, 1.807) is 0 Å². The molecule has 0 aromatic rings. The van der Waals surface area contributed by atoms with Crippen LogP contribution in [0.2, 0.25) is 0 Å². The Kier molecular flexibility index (Phi) is 9.49. The fourth-order valence-corrected chi connectivity index (χ4v) is 1.63. The van der Waals surface area contributed by atoms with Crippen molar-refractivity contribution < 1.29 is 9.59 Å². The third kappa shape index (κ3) is 8.10. The molecule has 0 rings (SSSR count). The molecule has 16 heavy (non-hydrogen) atoms. The molecule has 1 atom stereocenters. The minimum absolute atomic E-state index is 0.576. The van der Waals surface area contributed by atoms with Gasteiger partial charge < -0.3 is 0 Å². The lowest BCUT2D eigenvalue weighted by Crippen LogP contribution is -2.02. The Balaban J connectivity index is 3.76. The van der Waals surface area contributed by atoms with Crippen LogP contribution in [-0.2, 0) is 9.59 Å². The second kappa shape index (κ2) is 10.3. The molecule has 0 aliphatic heterocycles. The number of aliphatic imine (C=N–C) groups is 2. The van der Waals surface area contributed by atoms with Gasteiger partial charge in [-0.2, -0.15) is 9.98 Å². The van der Waals surface area contributed by atoms with E-state index in [0.29, 0.717) is 12.3 Å². The summed E-state index contributed by atoms with van der Waals surface area (Å²) in [5.41, 5.74) is 0. The summed E-state index contributed by atoms with van der Waals surface area (Å²) in [5, 5.41) is 0. The molecular weight excluding hydrogens is 204 g/mol. The molecule has 0 aromatic carbocycles. The quantitative estimate of drug-likeness (QED) is 0.446. The van der Waals surface area contributed by atoms with Crippen molar-refractivity contribution in [2.45, 2.75) is 58.5 Å².